The number of hydrogen-bond donors (Lipinski definition) is 2. The van der Waals surface area contributed by atoms with Gasteiger partial charge in [0.25, 0.3) is 5.56 Å². The van der Waals surface area contributed by atoms with E-state index < -0.39 is 24.1 Å². The molecule has 1 atom stereocenters. The van der Waals surface area contributed by atoms with Gasteiger partial charge in [-0.3, -0.25) is 9.59 Å². The summed E-state index contributed by atoms with van der Waals surface area (Å²) in [5.41, 5.74) is 3.85. The predicted octanol–water partition coefficient (Wildman–Crippen LogP) is 5.95. The van der Waals surface area contributed by atoms with E-state index in [2.05, 4.69) is 0 Å². The summed E-state index contributed by atoms with van der Waals surface area (Å²) in [7, 11) is 0. The predicted molar refractivity (Wildman–Crippen MR) is 142 cm³/mol. The van der Waals surface area contributed by atoms with E-state index in [1.54, 1.807) is 10.6 Å². The van der Waals surface area contributed by atoms with Crippen molar-refractivity contribution in [2.45, 2.75) is 88.5 Å². The summed E-state index contributed by atoms with van der Waals surface area (Å²) in [6.45, 7) is 19.1. The monoisotopic (exact) mass is 470 g/mol. The van der Waals surface area contributed by atoms with Crippen LogP contribution in [-0.4, -0.2) is 25.5 Å². The molecule has 0 saturated heterocycles. The molecule has 0 saturated carbocycles. The van der Waals surface area contributed by atoms with E-state index in [1.807, 2.05) is 86.6 Å². The lowest BCUT2D eigenvalue weighted by molar-refractivity contribution is -0.125. The molecule has 0 aliphatic carbocycles. The lowest BCUT2D eigenvalue weighted by Crippen LogP contribution is -2.27. The zero-order chi connectivity index (χ0) is 26.6. The van der Waals surface area contributed by atoms with Crippen molar-refractivity contribution in [1.82, 2.24) is 9.55 Å². The molecule has 1 aromatic carbocycles. The Hall–Kier alpha value is -2.83. The van der Waals surface area contributed by atoms with E-state index in [-0.39, 0.29) is 11.1 Å². The third-order valence-corrected chi connectivity index (χ3v) is 5.11. The number of Topliss-reactive ketones (excluding diaryl/α,β-unsaturated/α-hetero) is 1. The SMILES string of the molecule is CC.CC.CC.CC.CC(=O)C(O)c1cc2n(c(=O)c1CO)Cc1c-2nc2ccccc2c1C. The smallest absolute Gasteiger partial charge is 0.257 e. The summed E-state index contributed by atoms with van der Waals surface area (Å²) in [5.74, 6) is -0.482. The van der Waals surface area contributed by atoms with Crippen molar-refractivity contribution in [3.05, 3.63) is 62.9 Å². The number of aryl methyl sites for hydroxylation is 1. The zero-order valence-corrected chi connectivity index (χ0v) is 22.5. The van der Waals surface area contributed by atoms with Gasteiger partial charge in [0.2, 0.25) is 0 Å². The van der Waals surface area contributed by atoms with E-state index in [0.717, 1.165) is 22.0 Å². The molecule has 2 aromatic heterocycles. The number of para-hydroxylation sites is 1. The Morgan fingerprint density at radius 3 is 2.15 bits per heavy atom. The third kappa shape index (κ3) is 5.99. The molecule has 1 aliphatic heterocycles. The van der Waals surface area contributed by atoms with Crippen LogP contribution in [0, 0.1) is 6.92 Å². The molecule has 1 unspecified atom stereocenters. The van der Waals surface area contributed by atoms with Crippen LogP contribution in [0.1, 0.15) is 90.7 Å². The van der Waals surface area contributed by atoms with E-state index in [0.29, 0.717) is 17.9 Å². The molecule has 2 N–H and O–H groups in total. The highest BCUT2D eigenvalue weighted by atomic mass is 16.3. The van der Waals surface area contributed by atoms with Crippen molar-refractivity contribution in [1.29, 1.82) is 0 Å². The van der Waals surface area contributed by atoms with Crippen molar-refractivity contribution in [2.24, 2.45) is 0 Å². The molecule has 188 valence electrons. The molecular formula is C28H42N2O4. The standard InChI is InChI=1S/C20H18N2O4.4C2H6/c1-10-12-5-3-4-6-16(12)21-18-14(10)8-22-17(18)7-13(19(25)11(2)24)15(9-23)20(22)26;4*1-2/h3-7,19,23,25H,8-9H2,1-2H3;4*1-2H3. The van der Waals surface area contributed by atoms with E-state index in [4.69, 9.17) is 4.98 Å². The molecule has 3 heterocycles. The van der Waals surface area contributed by atoms with Gasteiger partial charge in [-0.05, 0) is 31.5 Å². The van der Waals surface area contributed by atoms with Gasteiger partial charge in [0.15, 0.2) is 5.78 Å². The second-order valence-electron chi connectivity index (χ2n) is 6.61. The molecule has 1 aliphatic rings. The number of aliphatic hydroxyl groups is 2. The van der Waals surface area contributed by atoms with E-state index >= 15 is 0 Å². The Balaban J connectivity index is 0.00000124. The highest BCUT2D eigenvalue weighted by molar-refractivity contribution is 5.88. The minimum Gasteiger partial charge on any atom is -0.391 e. The summed E-state index contributed by atoms with van der Waals surface area (Å²) in [6.07, 6.45) is -1.44. The number of nitrogens with zero attached hydrogens (tertiary/aromatic N) is 2. The molecule has 6 nitrogen and oxygen atoms in total. The van der Waals surface area contributed by atoms with Gasteiger partial charge in [0.05, 0.1) is 30.1 Å². The average Bonchev–Trinajstić information content (AvgIpc) is 3.27. The lowest BCUT2D eigenvalue weighted by Gasteiger charge is -2.14. The summed E-state index contributed by atoms with van der Waals surface area (Å²) in [5, 5.41) is 20.9. The number of ketones is 1. The molecule has 0 bridgehead atoms. The van der Waals surface area contributed by atoms with Crippen molar-refractivity contribution >= 4 is 16.7 Å². The van der Waals surface area contributed by atoms with Crippen LogP contribution in [0.4, 0.5) is 0 Å². The number of rotatable bonds is 3. The van der Waals surface area contributed by atoms with Crippen molar-refractivity contribution < 1.29 is 15.0 Å². The Labute approximate surface area is 204 Å². The number of aromatic nitrogens is 2. The number of pyridine rings is 2. The van der Waals surface area contributed by atoms with Crippen molar-refractivity contribution in [3.63, 3.8) is 0 Å². The number of fused-ring (bicyclic) bond motifs is 4. The summed E-state index contributed by atoms with van der Waals surface area (Å²) in [4.78, 5) is 29.2. The molecule has 4 rings (SSSR count). The molecule has 3 aromatic rings. The van der Waals surface area contributed by atoms with E-state index in [9.17, 15) is 19.8 Å². The quantitative estimate of drug-likeness (QED) is 0.386. The van der Waals surface area contributed by atoms with Crippen LogP contribution in [0.5, 0.6) is 0 Å². The van der Waals surface area contributed by atoms with Gasteiger partial charge in [-0.25, -0.2) is 4.98 Å². The van der Waals surface area contributed by atoms with Crippen LogP contribution in [0.2, 0.25) is 0 Å². The Morgan fingerprint density at radius 1 is 1.06 bits per heavy atom. The van der Waals surface area contributed by atoms with Crippen molar-refractivity contribution in [3.8, 4) is 11.4 Å². The molecule has 0 radical (unpaired) electrons. The number of benzene rings is 1. The minimum absolute atomic E-state index is 0.0477. The molecule has 0 fully saturated rings. The lowest BCUT2D eigenvalue weighted by atomic mass is 9.99. The Morgan fingerprint density at radius 2 is 1.62 bits per heavy atom. The summed E-state index contributed by atoms with van der Waals surface area (Å²) >= 11 is 0. The normalized spacial score (nSPS) is 11.1. The molecule has 6 heteroatoms. The van der Waals surface area contributed by atoms with Crippen LogP contribution < -0.4 is 5.56 Å². The zero-order valence-electron chi connectivity index (χ0n) is 22.5. The van der Waals surface area contributed by atoms with Gasteiger partial charge in [0, 0.05) is 22.1 Å². The van der Waals surface area contributed by atoms with Crippen LogP contribution in [-0.2, 0) is 17.9 Å². The maximum absolute atomic E-state index is 12.9. The molecule has 34 heavy (non-hydrogen) atoms. The summed E-state index contributed by atoms with van der Waals surface area (Å²) < 4.78 is 1.55. The van der Waals surface area contributed by atoms with Gasteiger partial charge < -0.3 is 14.8 Å². The van der Waals surface area contributed by atoms with Gasteiger partial charge in [-0.1, -0.05) is 73.6 Å². The number of carbonyl (C=O) groups is 1. The fraction of sp³-hybridized carbons (Fsp3) is 0.464. The minimum atomic E-state index is -1.44. The van der Waals surface area contributed by atoms with Crippen LogP contribution in [0.25, 0.3) is 22.3 Å². The fourth-order valence-electron chi connectivity index (χ4n) is 3.66. The van der Waals surface area contributed by atoms with Crippen molar-refractivity contribution in [2.75, 3.05) is 0 Å². The van der Waals surface area contributed by atoms with Gasteiger partial charge in [0.1, 0.15) is 6.10 Å². The maximum atomic E-state index is 12.9. The highest BCUT2D eigenvalue weighted by Crippen LogP contribution is 2.36. The second-order valence-corrected chi connectivity index (χ2v) is 6.61. The topological polar surface area (TPSA) is 92.4 Å². The molecular weight excluding hydrogens is 428 g/mol. The first-order valence-electron chi connectivity index (χ1n) is 12.4. The third-order valence-electron chi connectivity index (χ3n) is 5.11. The Kier molecular flexibility index (Phi) is 13.9. The Bertz CT molecular complexity index is 1130. The first-order valence-corrected chi connectivity index (χ1v) is 12.4. The summed E-state index contributed by atoms with van der Waals surface area (Å²) in [6, 6.07) is 9.36. The maximum Gasteiger partial charge on any atom is 0.257 e. The van der Waals surface area contributed by atoms with Crippen LogP contribution in [0.15, 0.2) is 35.1 Å². The first kappa shape index (κ1) is 31.2. The first-order chi connectivity index (χ1) is 16.4. The fourth-order valence-corrected chi connectivity index (χ4v) is 3.66. The van der Waals surface area contributed by atoms with Gasteiger partial charge in [-0.2, -0.15) is 0 Å². The van der Waals surface area contributed by atoms with E-state index in [1.165, 1.54) is 6.92 Å². The average molecular weight is 471 g/mol. The number of hydrogen-bond acceptors (Lipinski definition) is 5. The highest BCUT2D eigenvalue weighted by Gasteiger charge is 2.29. The van der Waals surface area contributed by atoms with Gasteiger partial charge >= 0.3 is 0 Å². The van der Waals surface area contributed by atoms with Crippen LogP contribution in [0.3, 0.4) is 0 Å². The number of carbonyl (C=O) groups excluding carboxylic acids is 1. The van der Waals surface area contributed by atoms with Crippen LogP contribution >= 0.6 is 0 Å². The van der Waals surface area contributed by atoms with Gasteiger partial charge in [-0.15, -0.1) is 0 Å². The largest absolute Gasteiger partial charge is 0.391 e. The molecule has 0 spiro atoms. The number of aliphatic hydroxyl groups excluding tert-OH is 2. The molecule has 0 amide bonds. The second kappa shape index (κ2) is 15.1.